The maximum atomic E-state index is 12.1. The van der Waals surface area contributed by atoms with Gasteiger partial charge in [-0.3, -0.25) is 4.90 Å². The Kier molecular flexibility index (Phi) is 4.69. The van der Waals surface area contributed by atoms with Gasteiger partial charge in [0.15, 0.2) is 6.10 Å². The van der Waals surface area contributed by atoms with Gasteiger partial charge in [0.05, 0.1) is 0 Å². The van der Waals surface area contributed by atoms with Crippen LogP contribution in [0, 0.1) is 0 Å². The minimum Gasteiger partial charge on any atom is -0.460 e. The zero-order valence-electron chi connectivity index (χ0n) is 13.2. The number of carbonyl (C=O) groups excluding carboxylic acids is 1. The first-order valence-electron chi connectivity index (χ1n) is 7.47. The largest absolute Gasteiger partial charge is 0.460 e. The van der Waals surface area contributed by atoms with Crippen LogP contribution >= 0.6 is 0 Å². The SMILES string of the molecule is C[C@@H]1C[C@@H](OC(=O)[C@H](O)c2ccccc2)CC(C)(C)N1C. The summed E-state index contributed by atoms with van der Waals surface area (Å²) in [5.41, 5.74) is 0.558. The summed E-state index contributed by atoms with van der Waals surface area (Å²) < 4.78 is 5.55. The molecule has 116 valence electrons. The molecule has 3 atom stereocenters. The zero-order valence-corrected chi connectivity index (χ0v) is 13.2. The zero-order chi connectivity index (χ0) is 15.6. The molecule has 4 heteroatoms. The summed E-state index contributed by atoms with van der Waals surface area (Å²) in [4.78, 5) is 14.4. The van der Waals surface area contributed by atoms with Crippen LogP contribution in [0.1, 0.15) is 45.3 Å². The number of likely N-dealkylation sites (tertiary alicyclic amines) is 1. The van der Waals surface area contributed by atoms with E-state index in [4.69, 9.17) is 4.74 Å². The number of esters is 1. The number of piperidine rings is 1. The number of hydrogen-bond acceptors (Lipinski definition) is 4. The van der Waals surface area contributed by atoms with Gasteiger partial charge in [0.1, 0.15) is 6.10 Å². The summed E-state index contributed by atoms with van der Waals surface area (Å²) >= 11 is 0. The molecular weight excluding hydrogens is 266 g/mol. The van der Waals surface area contributed by atoms with E-state index in [0.29, 0.717) is 11.6 Å². The number of rotatable bonds is 3. The molecule has 4 nitrogen and oxygen atoms in total. The van der Waals surface area contributed by atoms with Crippen molar-refractivity contribution in [3.8, 4) is 0 Å². The van der Waals surface area contributed by atoms with Crippen LogP contribution in [-0.4, -0.2) is 40.7 Å². The molecule has 2 rings (SSSR count). The average molecular weight is 291 g/mol. The smallest absolute Gasteiger partial charge is 0.339 e. The fraction of sp³-hybridized carbons (Fsp3) is 0.588. The van der Waals surface area contributed by atoms with E-state index in [1.54, 1.807) is 24.3 Å². The molecule has 21 heavy (non-hydrogen) atoms. The average Bonchev–Trinajstić information content (AvgIpc) is 2.44. The number of carbonyl (C=O) groups is 1. The van der Waals surface area contributed by atoms with E-state index in [1.165, 1.54) is 0 Å². The van der Waals surface area contributed by atoms with E-state index >= 15 is 0 Å². The predicted molar refractivity (Wildman–Crippen MR) is 81.8 cm³/mol. The van der Waals surface area contributed by atoms with Gasteiger partial charge in [0, 0.05) is 18.0 Å². The van der Waals surface area contributed by atoms with E-state index in [-0.39, 0.29) is 11.6 Å². The van der Waals surface area contributed by atoms with E-state index in [0.717, 1.165) is 12.8 Å². The molecule has 1 heterocycles. The summed E-state index contributed by atoms with van der Waals surface area (Å²) in [5, 5.41) is 10.1. The maximum Gasteiger partial charge on any atom is 0.339 e. The lowest BCUT2D eigenvalue weighted by molar-refractivity contribution is -0.165. The molecule has 1 aliphatic rings. The van der Waals surface area contributed by atoms with Crippen molar-refractivity contribution in [3.05, 3.63) is 35.9 Å². The Labute approximate surface area is 126 Å². The highest BCUT2D eigenvalue weighted by molar-refractivity contribution is 5.76. The molecule has 0 aromatic heterocycles. The molecule has 0 spiro atoms. The lowest BCUT2D eigenvalue weighted by Gasteiger charge is -2.47. The van der Waals surface area contributed by atoms with Gasteiger partial charge >= 0.3 is 5.97 Å². The number of aliphatic hydroxyl groups excluding tert-OH is 1. The molecule has 1 aromatic rings. The molecule has 0 aliphatic carbocycles. The number of ether oxygens (including phenoxy) is 1. The van der Waals surface area contributed by atoms with Crippen molar-refractivity contribution in [3.63, 3.8) is 0 Å². The second kappa shape index (κ2) is 6.16. The van der Waals surface area contributed by atoms with Gasteiger partial charge in [-0.15, -0.1) is 0 Å². The van der Waals surface area contributed by atoms with Gasteiger partial charge in [-0.05, 0) is 39.8 Å². The topological polar surface area (TPSA) is 49.8 Å². The molecule has 1 fully saturated rings. The van der Waals surface area contributed by atoms with Crippen molar-refractivity contribution >= 4 is 5.97 Å². The summed E-state index contributed by atoms with van der Waals surface area (Å²) in [6.45, 7) is 6.43. The third-order valence-electron chi connectivity index (χ3n) is 4.57. The highest BCUT2D eigenvalue weighted by atomic mass is 16.6. The molecule has 0 bridgehead atoms. The highest BCUT2D eigenvalue weighted by Crippen LogP contribution is 2.32. The van der Waals surface area contributed by atoms with E-state index in [9.17, 15) is 9.90 Å². The van der Waals surface area contributed by atoms with Gasteiger partial charge in [0.25, 0.3) is 0 Å². The number of hydrogen-bond donors (Lipinski definition) is 1. The fourth-order valence-electron chi connectivity index (χ4n) is 3.01. The molecular formula is C17H25NO3. The Morgan fingerprint density at radius 2 is 2.00 bits per heavy atom. The Morgan fingerprint density at radius 1 is 1.38 bits per heavy atom. The van der Waals surface area contributed by atoms with Crippen LogP contribution in [0.25, 0.3) is 0 Å². The van der Waals surface area contributed by atoms with Gasteiger partial charge in [-0.25, -0.2) is 4.79 Å². The molecule has 1 saturated heterocycles. The van der Waals surface area contributed by atoms with Gasteiger partial charge in [0.2, 0.25) is 0 Å². The van der Waals surface area contributed by atoms with Crippen LogP contribution in [-0.2, 0) is 9.53 Å². The van der Waals surface area contributed by atoms with Crippen molar-refractivity contribution in [1.82, 2.24) is 4.90 Å². The van der Waals surface area contributed by atoms with Gasteiger partial charge in [-0.1, -0.05) is 30.3 Å². The van der Waals surface area contributed by atoms with E-state index in [2.05, 4.69) is 32.7 Å². The molecule has 0 unspecified atom stereocenters. The Balaban J connectivity index is 2.00. The Morgan fingerprint density at radius 3 is 2.57 bits per heavy atom. The third-order valence-corrected chi connectivity index (χ3v) is 4.57. The predicted octanol–water partition coefficient (Wildman–Crippen LogP) is 2.52. The molecule has 0 amide bonds. The van der Waals surface area contributed by atoms with Crippen molar-refractivity contribution < 1.29 is 14.6 Å². The quantitative estimate of drug-likeness (QED) is 0.869. The minimum atomic E-state index is -1.20. The summed E-state index contributed by atoms with van der Waals surface area (Å²) in [5.74, 6) is -0.557. The van der Waals surface area contributed by atoms with Crippen LogP contribution in [0.3, 0.4) is 0 Å². The molecule has 1 aromatic carbocycles. The van der Waals surface area contributed by atoms with E-state index in [1.807, 2.05) is 6.07 Å². The maximum absolute atomic E-state index is 12.1. The first kappa shape index (κ1) is 16.0. The fourth-order valence-corrected chi connectivity index (χ4v) is 3.01. The standard InChI is InChI=1S/C17H25NO3/c1-12-10-14(11-17(2,3)18(12)4)21-16(20)15(19)13-8-6-5-7-9-13/h5-9,12,14-15,19H,10-11H2,1-4H3/t12-,14-,15-/m1/s1. The van der Waals surface area contributed by atoms with Crippen LogP contribution in [0.15, 0.2) is 30.3 Å². The second-order valence-corrected chi connectivity index (χ2v) is 6.58. The first-order chi connectivity index (χ1) is 9.81. The number of benzene rings is 1. The Hall–Kier alpha value is -1.39. The van der Waals surface area contributed by atoms with Crippen molar-refractivity contribution in [1.29, 1.82) is 0 Å². The van der Waals surface area contributed by atoms with Gasteiger partial charge in [-0.2, -0.15) is 0 Å². The molecule has 1 aliphatic heterocycles. The van der Waals surface area contributed by atoms with E-state index < -0.39 is 12.1 Å². The van der Waals surface area contributed by atoms with Crippen LogP contribution < -0.4 is 0 Å². The van der Waals surface area contributed by atoms with Crippen LogP contribution in [0.5, 0.6) is 0 Å². The Bertz CT molecular complexity index is 486. The molecule has 0 saturated carbocycles. The summed E-state index contributed by atoms with van der Waals surface area (Å²) in [6, 6.07) is 9.25. The van der Waals surface area contributed by atoms with Crippen LogP contribution in [0.4, 0.5) is 0 Å². The second-order valence-electron chi connectivity index (χ2n) is 6.58. The normalized spacial score (nSPS) is 27.1. The number of nitrogens with zero attached hydrogens (tertiary/aromatic N) is 1. The van der Waals surface area contributed by atoms with Crippen molar-refractivity contribution in [2.45, 2.75) is 57.4 Å². The number of aliphatic hydroxyl groups is 1. The first-order valence-corrected chi connectivity index (χ1v) is 7.47. The summed E-state index contributed by atoms with van der Waals surface area (Å²) in [7, 11) is 2.10. The third kappa shape index (κ3) is 3.63. The highest BCUT2D eigenvalue weighted by Gasteiger charge is 2.38. The van der Waals surface area contributed by atoms with Crippen molar-refractivity contribution in [2.75, 3.05) is 7.05 Å². The monoisotopic (exact) mass is 291 g/mol. The van der Waals surface area contributed by atoms with Crippen LogP contribution in [0.2, 0.25) is 0 Å². The molecule has 1 N–H and O–H groups in total. The minimum absolute atomic E-state index is 0.0136. The lowest BCUT2D eigenvalue weighted by Crippen LogP contribution is -2.54. The van der Waals surface area contributed by atoms with Crippen molar-refractivity contribution in [2.24, 2.45) is 0 Å². The lowest BCUT2D eigenvalue weighted by atomic mass is 9.85. The molecule has 0 radical (unpaired) electrons. The van der Waals surface area contributed by atoms with Gasteiger partial charge < -0.3 is 9.84 Å². The summed E-state index contributed by atoms with van der Waals surface area (Å²) in [6.07, 6.45) is 0.232.